The van der Waals surface area contributed by atoms with Crippen LogP contribution in [0.3, 0.4) is 0 Å². The fraction of sp³-hybridized carbons (Fsp3) is 0.250. The Morgan fingerprint density at radius 3 is 2.54 bits per heavy atom. The molecule has 0 saturated carbocycles. The lowest BCUT2D eigenvalue weighted by Crippen LogP contribution is -2.29. The highest BCUT2D eigenvalue weighted by Crippen LogP contribution is 2.29. The number of esters is 1. The zero-order valence-corrected chi connectivity index (χ0v) is 14.5. The van der Waals surface area contributed by atoms with E-state index in [0.29, 0.717) is 16.9 Å². The van der Waals surface area contributed by atoms with Gasteiger partial charge in [-0.3, -0.25) is 9.59 Å². The summed E-state index contributed by atoms with van der Waals surface area (Å²) in [5, 5.41) is 2.82. The van der Waals surface area contributed by atoms with Crippen molar-refractivity contribution in [2.24, 2.45) is 5.92 Å². The molecule has 1 aliphatic rings. The summed E-state index contributed by atoms with van der Waals surface area (Å²) in [4.78, 5) is 38.6. The Kier molecular flexibility index (Phi) is 5.31. The molecule has 0 spiro atoms. The van der Waals surface area contributed by atoms with Crippen molar-refractivity contribution < 1.29 is 19.1 Å². The van der Waals surface area contributed by atoms with Crippen LogP contribution in [-0.4, -0.2) is 30.9 Å². The fourth-order valence-electron chi connectivity index (χ4n) is 2.97. The smallest absolute Gasteiger partial charge is 0.340 e. The van der Waals surface area contributed by atoms with Crippen molar-refractivity contribution in [2.75, 3.05) is 23.4 Å². The molecule has 2 amide bonds. The number of para-hydroxylation sites is 2. The molecule has 3 rings (SSSR count). The first-order valence-electron chi connectivity index (χ1n) is 8.52. The SMILES string of the molecule is CCOC(=O)c1ccccc1N1CC(C(=O)Nc2ccccc2)CC1=O. The monoisotopic (exact) mass is 352 g/mol. The molecule has 1 aliphatic heterocycles. The molecule has 0 aliphatic carbocycles. The number of ether oxygens (including phenoxy) is 1. The van der Waals surface area contributed by atoms with E-state index in [-0.39, 0.29) is 31.4 Å². The van der Waals surface area contributed by atoms with E-state index in [1.807, 2.05) is 18.2 Å². The first-order valence-corrected chi connectivity index (χ1v) is 8.52. The van der Waals surface area contributed by atoms with Gasteiger partial charge in [0, 0.05) is 18.7 Å². The van der Waals surface area contributed by atoms with Crippen molar-refractivity contribution in [2.45, 2.75) is 13.3 Å². The summed E-state index contributed by atoms with van der Waals surface area (Å²) >= 11 is 0. The minimum Gasteiger partial charge on any atom is -0.462 e. The molecule has 6 heteroatoms. The van der Waals surface area contributed by atoms with Crippen LogP contribution in [0.25, 0.3) is 0 Å². The van der Waals surface area contributed by atoms with Crippen LogP contribution >= 0.6 is 0 Å². The quantitative estimate of drug-likeness (QED) is 0.840. The molecule has 26 heavy (non-hydrogen) atoms. The average Bonchev–Trinajstić information content (AvgIpc) is 3.04. The third-order valence-electron chi connectivity index (χ3n) is 4.23. The van der Waals surface area contributed by atoms with Crippen LogP contribution in [0.4, 0.5) is 11.4 Å². The second-order valence-electron chi connectivity index (χ2n) is 6.00. The lowest BCUT2D eigenvalue weighted by Gasteiger charge is -2.19. The number of hydrogen-bond donors (Lipinski definition) is 1. The maximum Gasteiger partial charge on any atom is 0.340 e. The van der Waals surface area contributed by atoms with Gasteiger partial charge in [-0.05, 0) is 31.2 Å². The molecule has 1 saturated heterocycles. The van der Waals surface area contributed by atoms with Gasteiger partial charge in [0.25, 0.3) is 0 Å². The van der Waals surface area contributed by atoms with E-state index in [9.17, 15) is 14.4 Å². The summed E-state index contributed by atoms with van der Waals surface area (Å²) in [7, 11) is 0. The molecule has 2 aromatic carbocycles. The minimum atomic E-state index is -0.479. The number of anilines is 2. The molecule has 1 fully saturated rings. The van der Waals surface area contributed by atoms with Gasteiger partial charge in [0.15, 0.2) is 0 Å². The zero-order valence-electron chi connectivity index (χ0n) is 14.5. The van der Waals surface area contributed by atoms with Gasteiger partial charge in [0.2, 0.25) is 11.8 Å². The number of carbonyl (C=O) groups is 3. The summed E-state index contributed by atoms with van der Waals surface area (Å²) in [5.74, 6) is -1.35. The standard InChI is InChI=1S/C20H20N2O4/c1-2-26-20(25)16-10-6-7-11-17(16)22-13-14(12-18(22)23)19(24)21-15-8-4-3-5-9-15/h3-11,14H,2,12-13H2,1H3,(H,21,24). The van der Waals surface area contributed by atoms with E-state index in [2.05, 4.69) is 5.32 Å². The van der Waals surface area contributed by atoms with Crippen LogP contribution in [0.2, 0.25) is 0 Å². The highest BCUT2D eigenvalue weighted by Gasteiger charge is 2.36. The third-order valence-corrected chi connectivity index (χ3v) is 4.23. The summed E-state index contributed by atoms with van der Waals surface area (Å²) in [6.45, 7) is 2.21. The van der Waals surface area contributed by atoms with Crippen molar-refractivity contribution in [3.8, 4) is 0 Å². The average molecular weight is 352 g/mol. The summed E-state index contributed by atoms with van der Waals surface area (Å²) in [5.41, 5.74) is 1.49. The minimum absolute atomic E-state index is 0.107. The Morgan fingerprint density at radius 2 is 1.81 bits per heavy atom. The molecule has 134 valence electrons. The number of nitrogens with zero attached hydrogens (tertiary/aromatic N) is 1. The van der Waals surface area contributed by atoms with E-state index >= 15 is 0 Å². The summed E-state index contributed by atoms with van der Waals surface area (Å²) < 4.78 is 5.06. The van der Waals surface area contributed by atoms with Crippen LogP contribution < -0.4 is 10.2 Å². The van der Waals surface area contributed by atoms with Gasteiger partial charge in [-0.25, -0.2) is 4.79 Å². The first kappa shape index (κ1) is 17.7. The lowest BCUT2D eigenvalue weighted by molar-refractivity contribution is -0.122. The van der Waals surface area contributed by atoms with Crippen molar-refractivity contribution in [3.63, 3.8) is 0 Å². The molecule has 6 nitrogen and oxygen atoms in total. The lowest BCUT2D eigenvalue weighted by atomic mass is 10.1. The summed E-state index contributed by atoms with van der Waals surface area (Å²) in [6.07, 6.45) is 0.107. The van der Waals surface area contributed by atoms with Crippen molar-refractivity contribution in [1.29, 1.82) is 0 Å². The summed E-state index contributed by atoms with van der Waals surface area (Å²) in [6, 6.07) is 15.9. The molecule has 1 N–H and O–H groups in total. The van der Waals surface area contributed by atoms with Crippen molar-refractivity contribution in [3.05, 3.63) is 60.2 Å². The molecule has 0 aromatic heterocycles. The first-order chi connectivity index (χ1) is 12.6. The van der Waals surface area contributed by atoms with Gasteiger partial charge in [0.1, 0.15) is 0 Å². The Bertz CT molecular complexity index is 820. The molecule has 0 bridgehead atoms. The predicted octanol–water partition coefficient (Wildman–Crippen LogP) is 2.85. The van der Waals surface area contributed by atoms with E-state index < -0.39 is 11.9 Å². The molecule has 1 unspecified atom stereocenters. The van der Waals surface area contributed by atoms with E-state index in [1.165, 1.54) is 4.90 Å². The van der Waals surface area contributed by atoms with Gasteiger partial charge < -0.3 is 15.0 Å². The van der Waals surface area contributed by atoms with Crippen LogP contribution in [0.1, 0.15) is 23.7 Å². The van der Waals surface area contributed by atoms with Gasteiger partial charge in [0.05, 0.1) is 23.8 Å². The van der Waals surface area contributed by atoms with Crippen molar-refractivity contribution >= 4 is 29.2 Å². The fourth-order valence-corrected chi connectivity index (χ4v) is 2.97. The van der Waals surface area contributed by atoms with Gasteiger partial charge >= 0.3 is 5.97 Å². The highest BCUT2D eigenvalue weighted by atomic mass is 16.5. The Hall–Kier alpha value is -3.15. The molecule has 1 atom stereocenters. The van der Waals surface area contributed by atoms with Crippen LogP contribution in [0.15, 0.2) is 54.6 Å². The number of hydrogen-bond acceptors (Lipinski definition) is 4. The maximum absolute atomic E-state index is 12.5. The maximum atomic E-state index is 12.5. The highest BCUT2D eigenvalue weighted by molar-refractivity contribution is 6.07. The number of rotatable bonds is 5. The van der Waals surface area contributed by atoms with Gasteiger partial charge in [-0.15, -0.1) is 0 Å². The third kappa shape index (κ3) is 3.74. The Balaban J connectivity index is 1.76. The van der Waals surface area contributed by atoms with E-state index in [1.54, 1.807) is 43.3 Å². The Labute approximate surface area is 151 Å². The number of nitrogens with one attached hydrogen (secondary N) is 1. The topological polar surface area (TPSA) is 75.7 Å². The van der Waals surface area contributed by atoms with E-state index in [4.69, 9.17) is 4.74 Å². The number of amides is 2. The second kappa shape index (κ2) is 7.82. The van der Waals surface area contributed by atoms with Crippen LogP contribution in [0, 0.1) is 5.92 Å². The molecular weight excluding hydrogens is 332 g/mol. The van der Waals surface area contributed by atoms with Crippen LogP contribution in [-0.2, 0) is 14.3 Å². The van der Waals surface area contributed by atoms with Gasteiger partial charge in [-0.1, -0.05) is 30.3 Å². The van der Waals surface area contributed by atoms with E-state index in [0.717, 1.165) is 0 Å². The zero-order chi connectivity index (χ0) is 18.5. The number of benzene rings is 2. The molecule has 2 aromatic rings. The van der Waals surface area contributed by atoms with Crippen LogP contribution in [0.5, 0.6) is 0 Å². The Morgan fingerprint density at radius 1 is 1.12 bits per heavy atom. The molecule has 1 heterocycles. The van der Waals surface area contributed by atoms with Gasteiger partial charge in [-0.2, -0.15) is 0 Å². The largest absolute Gasteiger partial charge is 0.462 e. The second-order valence-corrected chi connectivity index (χ2v) is 6.00. The molecule has 0 radical (unpaired) electrons. The normalized spacial score (nSPS) is 16.4. The molecular formula is C20H20N2O4. The number of carbonyl (C=O) groups excluding carboxylic acids is 3. The van der Waals surface area contributed by atoms with Crippen molar-refractivity contribution in [1.82, 2.24) is 0 Å². The predicted molar refractivity (Wildman–Crippen MR) is 97.9 cm³/mol.